The minimum atomic E-state index is 0.992. The summed E-state index contributed by atoms with van der Waals surface area (Å²) in [6.07, 6.45) is 1.84. The van der Waals surface area contributed by atoms with Crippen LogP contribution in [-0.4, -0.2) is 4.98 Å². The summed E-state index contributed by atoms with van der Waals surface area (Å²) >= 11 is 0. The third kappa shape index (κ3) is 4.04. The summed E-state index contributed by atoms with van der Waals surface area (Å²) in [6, 6.07) is 62.8. The maximum absolute atomic E-state index is 4.51. The van der Waals surface area contributed by atoms with Gasteiger partial charge in [-0.05, 0) is 134 Å². The maximum atomic E-state index is 4.51. The first-order chi connectivity index (χ1) is 24.8. The lowest BCUT2D eigenvalue weighted by molar-refractivity contribution is 1.33. The van der Waals surface area contributed by atoms with E-state index in [4.69, 9.17) is 0 Å². The van der Waals surface area contributed by atoms with Crippen LogP contribution < -0.4 is 0 Å². The Hall–Kier alpha value is -6.57. The van der Waals surface area contributed by atoms with Gasteiger partial charge in [0.1, 0.15) is 0 Å². The molecule has 1 aromatic heterocycles. The molecule has 0 N–H and O–H groups in total. The van der Waals surface area contributed by atoms with Crippen LogP contribution in [0.15, 0.2) is 176 Å². The quantitative estimate of drug-likeness (QED) is 0.177. The first-order valence-corrected chi connectivity index (χ1v) is 17.3. The van der Waals surface area contributed by atoms with E-state index in [0.717, 1.165) is 11.3 Å². The monoisotopic (exact) mass is 631 g/mol. The lowest BCUT2D eigenvalue weighted by Gasteiger charge is -2.17. The standard InChI is InChI=1S/C49H29N/c1-2-25-50-45(12-1)31-15-13-30(14-16-31)35-20-21-37-27-38(23-22-36(37)26-35)40-28-39-24-19-34-7-4-10-42-41-9-3-6-32-17-18-33-8-5-11-43(48(33)46(32)41)44(29-40)49(39)47(34)42/h1-29H. The summed E-state index contributed by atoms with van der Waals surface area (Å²) < 4.78 is 0. The van der Waals surface area contributed by atoms with Crippen LogP contribution in [0.5, 0.6) is 0 Å². The van der Waals surface area contributed by atoms with Crippen molar-refractivity contribution in [3.8, 4) is 33.5 Å². The molecule has 50 heavy (non-hydrogen) atoms. The molecule has 0 amide bonds. The Balaban J connectivity index is 1.12. The summed E-state index contributed by atoms with van der Waals surface area (Å²) in [5.41, 5.74) is 7.00. The molecule has 0 saturated heterocycles. The lowest BCUT2D eigenvalue weighted by atomic mass is 9.86. The van der Waals surface area contributed by atoms with Crippen molar-refractivity contribution >= 4 is 75.4 Å². The van der Waals surface area contributed by atoms with Gasteiger partial charge in [0.05, 0.1) is 5.69 Å². The summed E-state index contributed by atoms with van der Waals surface area (Å²) in [5, 5.41) is 18.1. The highest BCUT2D eigenvalue weighted by molar-refractivity contribution is 6.37. The molecule has 10 aromatic carbocycles. The van der Waals surface area contributed by atoms with Crippen molar-refractivity contribution in [1.82, 2.24) is 4.98 Å². The first-order valence-electron chi connectivity index (χ1n) is 17.3. The fourth-order valence-electron chi connectivity index (χ4n) is 8.42. The lowest BCUT2D eigenvalue weighted by Crippen LogP contribution is -1.89. The fourth-order valence-corrected chi connectivity index (χ4v) is 8.42. The summed E-state index contributed by atoms with van der Waals surface area (Å²) in [4.78, 5) is 4.51. The fraction of sp³-hybridized carbons (Fsp3) is 0. The molecule has 0 atom stereocenters. The predicted octanol–water partition coefficient (Wildman–Crippen LogP) is 13.6. The van der Waals surface area contributed by atoms with E-state index in [1.165, 1.54) is 97.7 Å². The van der Waals surface area contributed by atoms with Gasteiger partial charge in [-0.25, -0.2) is 0 Å². The number of rotatable bonds is 3. The largest absolute Gasteiger partial charge is 0.256 e. The molecule has 0 radical (unpaired) electrons. The van der Waals surface area contributed by atoms with Gasteiger partial charge in [-0.1, -0.05) is 133 Å². The van der Waals surface area contributed by atoms with Gasteiger partial charge in [0.25, 0.3) is 0 Å². The van der Waals surface area contributed by atoms with E-state index >= 15 is 0 Å². The van der Waals surface area contributed by atoms with Crippen molar-refractivity contribution in [2.24, 2.45) is 0 Å². The molecular weight excluding hydrogens is 603 g/mol. The van der Waals surface area contributed by atoms with Gasteiger partial charge in [-0.3, -0.25) is 4.98 Å². The SMILES string of the molecule is c1ccc(-c2ccc(-c3ccc4cc(-c5cc6ccc7cccc8c9cccc%10ccc%11cccc(c(c5)c6c78)c%11c%109)ccc4c3)cc2)nc1. The number of fused-ring (bicyclic) bond motifs is 3. The van der Waals surface area contributed by atoms with Gasteiger partial charge in [0.15, 0.2) is 0 Å². The van der Waals surface area contributed by atoms with Gasteiger partial charge < -0.3 is 0 Å². The number of benzene rings is 9. The molecule has 11 aromatic rings. The summed E-state index contributed by atoms with van der Waals surface area (Å²) in [5.74, 6) is 0. The highest BCUT2D eigenvalue weighted by Gasteiger charge is 2.16. The second-order valence-electron chi connectivity index (χ2n) is 13.5. The molecule has 0 saturated carbocycles. The molecule has 11 rings (SSSR count). The zero-order chi connectivity index (χ0) is 32.8. The van der Waals surface area contributed by atoms with Gasteiger partial charge in [0, 0.05) is 11.8 Å². The van der Waals surface area contributed by atoms with Crippen LogP contribution in [0, 0.1) is 0 Å². The summed E-state index contributed by atoms with van der Waals surface area (Å²) in [6.45, 7) is 0. The van der Waals surface area contributed by atoms with Crippen LogP contribution in [0.25, 0.3) is 109 Å². The number of hydrogen-bond donors (Lipinski definition) is 0. The third-order valence-corrected chi connectivity index (χ3v) is 10.8. The van der Waals surface area contributed by atoms with Gasteiger partial charge in [-0.15, -0.1) is 0 Å². The van der Waals surface area contributed by atoms with Gasteiger partial charge >= 0.3 is 0 Å². The van der Waals surface area contributed by atoms with Crippen LogP contribution in [-0.2, 0) is 0 Å². The van der Waals surface area contributed by atoms with Crippen LogP contribution in [0.4, 0.5) is 0 Å². The van der Waals surface area contributed by atoms with Crippen molar-refractivity contribution < 1.29 is 0 Å². The van der Waals surface area contributed by atoms with E-state index < -0.39 is 0 Å². The van der Waals surface area contributed by atoms with Crippen molar-refractivity contribution in [1.29, 1.82) is 0 Å². The van der Waals surface area contributed by atoms with Crippen LogP contribution >= 0.6 is 0 Å². The highest BCUT2D eigenvalue weighted by atomic mass is 14.7. The summed E-state index contributed by atoms with van der Waals surface area (Å²) in [7, 11) is 0. The molecule has 1 heteroatoms. The second kappa shape index (κ2) is 10.5. The zero-order valence-corrected chi connectivity index (χ0v) is 27.2. The van der Waals surface area contributed by atoms with Crippen LogP contribution in [0.1, 0.15) is 0 Å². The molecule has 0 fully saturated rings. The molecule has 0 aliphatic carbocycles. The Kier molecular flexibility index (Phi) is 5.73. The molecular formula is C49H29N. The first kappa shape index (κ1) is 27.4. The van der Waals surface area contributed by atoms with E-state index in [9.17, 15) is 0 Å². The molecule has 0 aliphatic heterocycles. The number of aromatic nitrogens is 1. The Morgan fingerprint density at radius 3 is 1.30 bits per heavy atom. The predicted molar refractivity (Wildman–Crippen MR) is 214 cm³/mol. The Morgan fingerprint density at radius 2 is 0.720 bits per heavy atom. The normalized spacial score (nSPS) is 12.0. The highest BCUT2D eigenvalue weighted by Crippen LogP contribution is 2.44. The third-order valence-electron chi connectivity index (χ3n) is 10.8. The smallest absolute Gasteiger partial charge is 0.0701 e. The maximum Gasteiger partial charge on any atom is 0.0701 e. The number of hydrogen-bond acceptors (Lipinski definition) is 1. The second-order valence-corrected chi connectivity index (χ2v) is 13.5. The topological polar surface area (TPSA) is 12.9 Å². The van der Waals surface area contributed by atoms with Crippen LogP contribution in [0.3, 0.4) is 0 Å². The van der Waals surface area contributed by atoms with E-state index in [2.05, 4.69) is 163 Å². The number of pyridine rings is 1. The Labute approximate surface area is 289 Å². The van der Waals surface area contributed by atoms with E-state index in [1.807, 2.05) is 18.3 Å². The van der Waals surface area contributed by atoms with Crippen molar-refractivity contribution in [2.75, 3.05) is 0 Å². The minimum absolute atomic E-state index is 0.992. The van der Waals surface area contributed by atoms with E-state index in [1.54, 1.807) is 0 Å². The Morgan fingerprint density at radius 1 is 0.260 bits per heavy atom. The Bertz CT molecular complexity index is 3110. The molecule has 1 nitrogen and oxygen atoms in total. The van der Waals surface area contributed by atoms with E-state index in [0.29, 0.717) is 0 Å². The molecule has 0 unspecified atom stereocenters. The molecule has 1 heterocycles. The van der Waals surface area contributed by atoms with Gasteiger partial charge in [0.2, 0.25) is 0 Å². The van der Waals surface area contributed by atoms with E-state index in [-0.39, 0.29) is 0 Å². The average molecular weight is 632 g/mol. The average Bonchev–Trinajstić information content (AvgIpc) is 3.19. The molecule has 0 spiro atoms. The van der Waals surface area contributed by atoms with Gasteiger partial charge in [-0.2, -0.15) is 0 Å². The van der Waals surface area contributed by atoms with Crippen molar-refractivity contribution in [3.63, 3.8) is 0 Å². The molecule has 230 valence electrons. The minimum Gasteiger partial charge on any atom is -0.256 e. The molecule has 0 aliphatic rings. The van der Waals surface area contributed by atoms with Crippen molar-refractivity contribution in [3.05, 3.63) is 176 Å². The molecule has 0 bridgehead atoms. The van der Waals surface area contributed by atoms with Crippen molar-refractivity contribution in [2.45, 2.75) is 0 Å². The number of nitrogens with zero attached hydrogens (tertiary/aromatic N) is 1. The van der Waals surface area contributed by atoms with Crippen LogP contribution in [0.2, 0.25) is 0 Å². The zero-order valence-electron chi connectivity index (χ0n) is 27.2.